The summed E-state index contributed by atoms with van der Waals surface area (Å²) in [5.41, 5.74) is 6.09. The molecule has 1 fully saturated rings. The maximum atomic E-state index is 12.2. The average Bonchev–Trinajstić information content (AvgIpc) is 2.48. The molecule has 1 unspecified atom stereocenters. The first kappa shape index (κ1) is 16.8. The van der Waals surface area contributed by atoms with Crippen LogP contribution in [0, 0.1) is 0 Å². The van der Waals surface area contributed by atoms with E-state index < -0.39 is 12.1 Å². The van der Waals surface area contributed by atoms with Gasteiger partial charge in [0, 0.05) is 10.5 Å². The fourth-order valence-electron chi connectivity index (χ4n) is 2.84. The van der Waals surface area contributed by atoms with Gasteiger partial charge in [0.15, 0.2) is 0 Å². The molecule has 0 bridgehead atoms. The topological polar surface area (TPSA) is 84.2 Å². The Morgan fingerprint density at radius 1 is 1.18 bits per heavy atom. The van der Waals surface area contributed by atoms with Gasteiger partial charge in [0.1, 0.15) is 0 Å². The molecule has 0 aromatic heterocycles. The molecule has 1 aliphatic carbocycles. The SMILES string of the molecule is NC(=O)NC(CC(=O)NC1CCCCC1)c1ccc(Br)cc1. The normalized spacial score (nSPS) is 16.8. The molecule has 0 radical (unpaired) electrons. The van der Waals surface area contributed by atoms with Gasteiger partial charge in [0.05, 0.1) is 12.5 Å². The standard InChI is InChI=1S/C16H22BrN3O2/c17-12-8-6-11(7-9-12)14(20-16(18)22)10-15(21)19-13-4-2-1-3-5-13/h6-9,13-14H,1-5,10H2,(H,19,21)(H3,18,20,22). The summed E-state index contributed by atoms with van der Waals surface area (Å²) >= 11 is 3.37. The highest BCUT2D eigenvalue weighted by atomic mass is 79.9. The lowest BCUT2D eigenvalue weighted by Crippen LogP contribution is -2.40. The van der Waals surface area contributed by atoms with Gasteiger partial charge in [0.2, 0.25) is 5.91 Å². The lowest BCUT2D eigenvalue weighted by atomic mass is 9.95. The van der Waals surface area contributed by atoms with Crippen LogP contribution in [0.4, 0.5) is 4.79 Å². The number of benzene rings is 1. The minimum Gasteiger partial charge on any atom is -0.353 e. The Morgan fingerprint density at radius 3 is 2.41 bits per heavy atom. The lowest BCUT2D eigenvalue weighted by Gasteiger charge is -2.24. The summed E-state index contributed by atoms with van der Waals surface area (Å²) in [5, 5.41) is 5.71. The molecular weight excluding hydrogens is 346 g/mol. The largest absolute Gasteiger partial charge is 0.353 e. The molecule has 6 heteroatoms. The van der Waals surface area contributed by atoms with Gasteiger partial charge in [-0.2, -0.15) is 0 Å². The number of carbonyl (C=O) groups is 2. The van der Waals surface area contributed by atoms with Crippen molar-refractivity contribution in [2.75, 3.05) is 0 Å². The van der Waals surface area contributed by atoms with Gasteiger partial charge in [-0.05, 0) is 30.5 Å². The fourth-order valence-corrected chi connectivity index (χ4v) is 3.10. The molecule has 5 nitrogen and oxygen atoms in total. The fraction of sp³-hybridized carbons (Fsp3) is 0.500. The first-order valence-corrected chi connectivity index (χ1v) is 8.44. The van der Waals surface area contributed by atoms with Crippen LogP contribution in [-0.2, 0) is 4.79 Å². The number of carbonyl (C=O) groups excluding carboxylic acids is 2. The Morgan fingerprint density at radius 2 is 1.82 bits per heavy atom. The molecule has 3 amide bonds. The van der Waals surface area contributed by atoms with E-state index in [1.165, 1.54) is 19.3 Å². The highest BCUT2D eigenvalue weighted by Gasteiger charge is 2.20. The zero-order valence-electron chi connectivity index (χ0n) is 12.5. The van der Waals surface area contributed by atoms with Crippen molar-refractivity contribution in [1.29, 1.82) is 0 Å². The van der Waals surface area contributed by atoms with E-state index in [2.05, 4.69) is 26.6 Å². The number of primary amides is 1. The summed E-state index contributed by atoms with van der Waals surface area (Å²) in [7, 11) is 0. The van der Waals surface area contributed by atoms with Crippen LogP contribution in [0.25, 0.3) is 0 Å². The summed E-state index contributed by atoms with van der Waals surface area (Å²) < 4.78 is 0.945. The Balaban J connectivity index is 1.97. The third-order valence-electron chi connectivity index (χ3n) is 3.95. The van der Waals surface area contributed by atoms with E-state index in [0.29, 0.717) is 0 Å². The van der Waals surface area contributed by atoms with E-state index in [9.17, 15) is 9.59 Å². The summed E-state index contributed by atoms with van der Waals surface area (Å²) in [4.78, 5) is 23.4. The van der Waals surface area contributed by atoms with Gasteiger partial charge in [-0.25, -0.2) is 4.79 Å². The van der Waals surface area contributed by atoms with Gasteiger partial charge in [0.25, 0.3) is 0 Å². The maximum absolute atomic E-state index is 12.2. The van der Waals surface area contributed by atoms with Crippen LogP contribution in [-0.4, -0.2) is 18.0 Å². The number of amides is 3. The van der Waals surface area contributed by atoms with Gasteiger partial charge < -0.3 is 16.4 Å². The van der Waals surface area contributed by atoms with Crippen molar-refractivity contribution in [1.82, 2.24) is 10.6 Å². The van der Waals surface area contributed by atoms with Crippen molar-refractivity contribution in [3.05, 3.63) is 34.3 Å². The third-order valence-corrected chi connectivity index (χ3v) is 4.48. The van der Waals surface area contributed by atoms with E-state index in [-0.39, 0.29) is 18.4 Å². The Labute approximate surface area is 139 Å². The molecule has 1 aliphatic rings. The van der Waals surface area contributed by atoms with Gasteiger partial charge >= 0.3 is 6.03 Å². The quantitative estimate of drug-likeness (QED) is 0.747. The number of nitrogens with one attached hydrogen (secondary N) is 2. The molecule has 0 spiro atoms. The van der Waals surface area contributed by atoms with Crippen LogP contribution in [0.1, 0.15) is 50.1 Å². The maximum Gasteiger partial charge on any atom is 0.312 e. The minimum atomic E-state index is -0.626. The van der Waals surface area contributed by atoms with Gasteiger partial charge in [-0.1, -0.05) is 47.3 Å². The van der Waals surface area contributed by atoms with E-state index in [1.807, 2.05) is 24.3 Å². The Hall–Kier alpha value is -1.56. The van der Waals surface area contributed by atoms with E-state index in [1.54, 1.807) is 0 Å². The smallest absolute Gasteiger partial charge is 0.312 e. The van der Waals surface area contributed by atoms with E-state index >= 15 is 0 Å². The number of hydrogen-bond donors (Lipinski definition) is 3. The summed E-state index contributed by atoms with van der Waals surface area (Å²) in [6.07, 6.45) is 5.86. The molecule has 0 heterocycles. The van der Waals surface area contributed by atoms with Crippen molar-refractivity contribution < 1.29 is 9.59 Å². The second kappa shape index (κ2) is 8.17. The number of urea groups is 1. The molecule has 0 saturated heterocycles. The molecule has 120 valence electrons. The van der Waals surface area contributed by atoms with Crippen LogP contribution < -0.4 is 16.4 Å². The molecule has 4 N–H and O–H groups in total. The molecular formula is C16H22BrN3O2. The predicted molar refractivity (Wildman–Crippen MR) is 89.2 cm³/mol. The number of nitrogens with two attached hydrogens (primary N) is 1. The van der Waals surface area contributed by atoms with Gasteiger partial charge in [-0.15, -0.1) is 0 Å². The molecule has 22 heavy (non-hydrogen) atoms. The van der Waals surface area contributed by atoms with E-state index in [4.69, 9.17) is 5.73 Å². The van der Waals surface area contributed by atoms with Crippen molar-refractivity contribution in [2.24, 2.45) is 5.73 Å². The zero-order valence-corrected chi connectivity index (χ0v) is 14.1. The molecule has 0 aliphatic heterocycles. The number of rotatable bonds is 5. The van der Waals surface area contributed by atoms with Crippen LogP contribution in [0.2, 0.25) is 0 Å². The summed E-state index contributed by atoms with van der Waals surface area (Å²) in [5.74, 6) is -0.0476. The highest BCUT2D eigenvalue weighted by Crippen LogP contribution is 2.21. The Kier molecular flexibility index (Phi) is 6.24. The second-order valence-corrected chi connectivity index (χ2v) is 6.63. The average molecular weight is 368 g/mol. The first-order valence-electron chi connectivity index (χ1n) is 7.65. The van der Waals surface area contributed by atoms with Crippen molar-refractivity contribution in [2.45, 2.75) is 50.6 Å². The van der Waals surface area contributed by atoms with Crippen LogP contribution in [0.15, 0.2) is 28.7 Å². The molecule has 2 rings (SSSR count). The Bertz CT molecular complexity index is 513. The zero-order chi connectivity index (χ0) is 15.9. The molecule has 1 saturated carbocycles. The van der Waals surface area contributed by atoms with Crippen molar-refractivity contribution >= 4 is 27.9 Å². The molecule has 1 aromatic carbocycles. The lowest BCUT2D eigenvalue weighted by molar-refractivity contribution is -0.122. The molecule has 1 aromatic rings. The summed E-state index contributed by atoms with van der Waals surface area (Å²) in [6.45, 7) is 0. The van der Waals surface area contributed by atoms with Crippen molar-refractivity contribution in [3.63, 3.8) is 0 Å². The van der Waals surface area contributed by atoms with Crippen LogP contribution >= 0.6 is 15.9 Å². The van der Waals surface area contributed by atoms with Crippen molar-refractivity contribution in [3.8, 4) is 0 Å². The number of hydrogen-bond acceptors (Lipinski definition) is 2. The van der Waals surface area contributed by atoms with Crippen LogP contribution in [0.3, 0.4) is 0 Å². The van der Waals surface area contributed by atoms with Gasteiger partial charge in [-0.3, -0.25) is 4.79 Å². The number of halogens is 1. The highest BCUT2D eigenvalue weighted by molar-refractivity contribution is 9.10. The summed E-state index contributed by atoms with van der Waals surface area (Å²) in [6, 6.07) is 6.73. The third kappa shape index (κ3) is 5.33. The van der Waals surface area contributed by atoms with E-state index in [0.717, 1.165) is 22.9 Å². The minimum absolute atomic E-state index is 0.0476. The second-order valence-electron chi connectivity index (χ2n) is 5.72. The first-order chi connectivity index (χ1) is 10.5. The molecule has 1 atom stereocenters. The monoisotopic (exact) mass is 367 g/mol. The van der Waals surface area contributed by atoms with Crippen LogP contribution in [0.5, 0.6) is 0 Å². The predicted octanol–water partition coefficient (Wildman–Crippen LogP) is 3.00.